The van der Waals surface area contributed by atoms with E-state index >= 15 is 0 Å². The van der Waals surface area contributed by atoms with Gasteiger partial charge in [0.05, 0.1) is 19.6 Å². The summed E-state index contributed by atoms with van der Waals surface area (Å²) in [6.07, 6.45) is 20.8. The second-order valence-electron chi connectivity index (χ2n) is 22.2. The van der Waals surface area contributed by atoms with Crippen LogP contribution in [0.25, 0.3) is 0 Å². The molecule has 11 rings (SSSR count). The van der Waals surface area contributed by atoms with E-state index in [1.807, 2.05) is 37.3 Å². The summed E-state index contributed by atoms with van der Waals surface area (Å²) in [5.41, 5.74) is 7.95. The quantitative estimate of drug-likeness (QED) is 0.0444. The number of amides is 1. The molecule has 0 aromatic heterocycles. The smallest absolute Gasteiger partial charge is 0.320 e. The van der Waals surface area contributed by atoms with Crippen LogP contribution in [0.1, 0.15) is 141 Å². The molecule has 3 saturated carbocycles. The molecule has 4 aromatic carbocycles. The van der Waals surface area contributed by atoms with Gasteiger partial charge in [-0.05, 0) is 211 Å². The van der Waals surface area contributed by atoms with E-state index in [1.54, 1.807) is 69.6 Å². The lowest BCUT2D eigenvalue weighted by Gasteiger charge is -2.27. The lowest BCUT2D eigenvalue weighted by atomic mass is 9.77. The fourth-order valence-corrected chi connectivity index (χ4v) is 12.5. The van der Waals surface area contributed by atoms with E-state index in [4.69, 9.17) is 14.7 Å². The van der Waals surface area contributed by atoms with Gasteiger partial charge in [0, 0.05) is 0 Å². The molecule has 1 amide bonds. The fraction of sp³-hybridized carbons (Fsp3) is 0.438. The number of allylic oxidation sites excluding steroid dienone is 4. The molecule has 0 saturated heterocycles. The lowest BCUT2D eigenvalue weighted by Crippen LogP contribution is -2.41. The van der Waals surface area contributed by atoms with Crippen molar-refractivity contribution < 1.29 is 56.5 Å². The molecule has 0 spiro atoms. The Morgan fingerprint density at radius 3 is 1.05 bits per heavy atom. The van der Waals surface area contributed by atoms with Crippen molar-refractivity contribution >= 4 is 77.8 Å². The maximum atomic E-state index is 13.9. The minimum absolute atomic E-state index is 0. The van der Waals surface area contributed by atoms with Crippen LogP contribution < -0.4 is 5.48 Å². The molecule has 0 bridgehead atoms. The molecule has 0 heterocycles. The molecular formula is C64H79F4NO8S4. The summed E-state index contributed by atoms with van der Waals surface area (Å²) in [4.78, 5) is 48.6. The Kier molecular flexibility index (Phi) is 23.5. The number of aliphatic carboxylic acids is 1. The second kappa shape index (κ2) is 27.9. The van der Waals surface area contributed by atoms with E-state index in [0.717, 1.165) is 36.8 Å². The number of carboxylic acids is 1. The molecule has 17 heteroatoms. The van der Waals surface area contributed by atoms with Gasteiger partial charge in [-0.3, -0.25) is 24.4 Å². The Hall–Kier alpha value is -5.20. The summed E-state index contributed by atoms with van der Waals surface area (Å²) >= 11 is 0. The Morgan fingerprint density at radius 1 is 0.457 bits per heavy atom. The normalized spacial score (nSPS) is 23.8. The topological polar surface area (TPSA) is 139 Å². The predicted molar refractivity (Wildman–Crippen MR) is 327 cm³/mol. The fourth-order valence-electron chi connectivity index (χ4n) is 12.5. The van der Waals surface area contributed by atoms with Gasteiger partial charge in [0.15, 0.2) is 0 Å². The summed E-state index contributed by atoms with van der Waals surface area (Å²) in [5, 5.41) is 18.8. The summed E-state index contributed by atoms with van der Waals surface area (Å²) in [5.74, 6) is -1.32. The Bertz CT molecular complexity index is 3010. The van der Waals surface area contributed by atoms with Crippen molar-refractivity contribution in [3.63, 3.8) is 0 Å². The van der Waals surface area contributed by atoms with Crippen molar-refractivity contribution in [1.82, 2.24) is 5.48 Å². The monoisotopic (exact) mass is 1190 g/mol. The van der Waals surface area contributed by atoms with Gasteiger partial charge < -0.3 is 14.6 Å². The first-order valence-electron chi connectivity index (χ1n) is 26.9. The van der Waals surface area contributed by atoms with Gasteiger partial charge in [0.1, 0.15) is 39.5 Å². The molecule has 0 radical (unpaired) electrons. The molecule has 4 aromatic rings. The van der Waals surface area contributed by atoms with Crippen molar-refractivity contribution in [3.8, 4) is 0 Å². The molecule has 3 fully saturated rings. The number of carboxylic acid groups (broad SMARTS) is 1. The van der Waals surface area contributed by atoms with E-state index in [-0.39, 0.29) is 89.2 Å². The van der Waals surface area contributed by atoms with Crippen LogP contribution in [0.15, 0.2) is 119 Å². The SMILES string of the molecule is COC(=O)[C@]1(c2cccc(F)c2C)C=C(C)CC1.COC(=O)[C@]1(c2cccc(F)c2C)C=C(C2CC2)CC1.Cc1c(F)cccc1[C@@]1(C(=O)NO)C=C(C2CC2)CC1.Cc1c(F)cccc1[C@@]1(C(=O)O)C=C(C2CC2)CC1.S.S.S.S. The van der Waals surface area contributed by atoms with Crippen LogP contribution in [0, 0.1) is 68.7 Å². The zero-order valence-corrected chi connectivity index (χ0v) is 51.2. The highest BCUT2D eigenvalue weighted by Crippen LogP contribution is 2.52. The van der Waals surface area contributed by atoms with Crippen LogP contribution in [0.4, 0.5) is 17.6 Å². The van der Waals surface area contributed by atoms with Gasteiger partial charge in [-0.2, -0.15) is 54.0 Å². The van der Waals surface area contributed by atoms with Crippen LogP contribution in [-0.2, 0) is 50.3 Å². The first-order chi connectivity index (χ1) is 36.7. The third-order valence-electron chi connectivity index (χ3n) is 17.4. The standard InChI is InChI=1S/C17H19FO2.C16H18FNO2.C16H17FO2.C15H17FO2.4H2S/c1-11-14(4-3-5-15(11)18)17(16(19)20-2)9-8-13(10-17)12-6-7-12;1-10-13(3-2-4-14(10)17)16(15(19)18-20)8-7-12(9-16)11-5-6-11;1-10-13(3-2-4-14(10)17)16(15(18)19)8-7-12(9-16)11-5-6-11;1-10-7-8-15(9-10,14(17)18-3)12-5-4-6-13(16)11(12)2;;;;/h3-5,10,12H,6-9H2,1-2H3;2-4,9,11,20H,5-8H2,1H3,(H,18,19);2-4,9,11H,5-8H2,1H3,(H,18,19);4-6,9H,7-8H2,1-3H3;4*1H2/t17-;2*16-;15-;;;;/m0000..../s1. The summed E-state index contributed by atoms with van der Waals surface area (Å²) in [7, 11) is 2.78. The number of benzene rings is 4. The molecule has 7 aliphatic rings. The number of nitrogens with one attached hydrogen (secondary N) is 1. The van der Waals surface area contributed by atoms with E-state index < -0.39 is 33.5 Å². The highest BCUT2D eigenvalue weighted by molar-refractivity contribution is 7.59. The highest BCUT2D eigenvalue weighted by atomic mass is 32.1. The van der Waals surface area contributed by atoms with Crippen molar-refractivity contribution in [2.24, 2.45) is 17.8 Å². The van der Waals surface area contributed by atoms with Gasteiger partial charge in [-0.25, -0.2) is 23.0 Å². The lowest BCUT2D eigenvalue weighted by molar-refractivity contribution is -0.146. The van der Waals surface area contributed by atoms with Gasteiger partial charge in [-0.15, -0.1) is 0 Å². The molecule has 3 N–H and O–H groups in total. The average molecular weight is 1190 g/mol. The third kappa shape index (κ3) is 13.7. The molecular weight excluding hydrogens is 1110 g/mol. The number of carbonyl (C=O) groups is 4. The molecule has 0 aliphatic heterocycles. The van der Waals surface area contributed by atoms with Crippen molar-refractivity contribution in [2.75, 3.05) is 14.2 Å². The number of hydrogen-bond donors (Lipinski definition) is 3. The summed E-state index contributed by atoms with van der Waals surface area (Å²) < 4.78 is 65.1. The number of carbonyl (C=O) groups excluding carboxylic acids is 3. The Balaban J connectivity index is 0.000000229. The maximum Gasteiger partial charge on any atom is 0.320 e. The first-order valence-corrected chi connectivity index (χ1v) is 26.9. The van der Waals surface area contributed by atoms with Crippen LogP contribution in [0.2, 0.25) is 0 Å². The van der Waals surface area contributed by atoms with E-state index in [2.05, 4.69) is 6.08 Å². The maximum absolute atomic E-state index is 13.9. The van der Waals surface area contributed by atoms with Crippen LogP contribution >= 0.6 is 54.0 Å². The Morgan fingerprint density at radius 2 is 0.741 bits per heavy atom. The van der Waals surface area contributed by atoms with Gasteiger partial charge in [0.25, 0.3) is 5.91 Å². The van der Waals surface area contributed by atoms with Crippen molar-refractivity contribution in [3.05, 3.63) is 187 Å². The Labute approximate surface area is 502 Å². The van der Waals surface area contributed by atoms with Crippen LogP contribution in [-0.4, -0.2) is 48.3 Å². The number of hydrogen-bond acceptors (Lipinski definition) is 7. The number of halogens is 4. The average Bonchev–Trinajstić information content (AvgIpc) is 4.62. The number of hydroxylamine groups is 1. The van der Waals surface area contributed by atoms with Crippen molar-refractivity contribution in [2.45, 2.75) is 146 Å². The van der Waals surface area contributed by atoms with Crippen LogP contribution in [0.3, 0.4) is 0 Å². The van der Waals surface area contributed by atoms with Crippen LogP contribution in [0.5, 0.6) is 0 Å². The largest absolute Gasteiger partial charge is 0.480 e. The van der Waals surface area contributed by atoms with Crippen molar-refractivity contribution in [1.29, 1.82) is 0 Å². The molecule has 0 unspecified atom stereocenters. The summed E-state index contributed by atoms with van der Waals surface area (Å²) in [6, 6.07) is 19.3. The number of rotatable bonds is 11. The number of methoxy groups -OCH3 is 2. The minimum atomic E-state index is -1.02. The van der Waals surface area contributed by atoms with E-state index in [9.17, 15) is 41.8 Å². The highest BCUT2D eigenvalue weighted by Gasteiger charge is 2.49. The first kappa shape index (κ1) is 68.3. The molecule has 9 nitrogen and oxygen atoms in total. The van der Waals surface area contributed by atoms with Gasteiger partial charge in [0.2, 0.25) is 0 Å². The number of esters is 2. The minimum Gasteiger partial charge on any atom is -0.480 e. The summed E-state index contributed by atoms with van der Waals surface area (Å²) in [6.45, 7) is 8.77. The molecule has 7 aliphatic carbocycles. The predicted octanol–water partition coefficient (Wildman–Crippen LogP) is 14.0. The third-order valence-corrected chi connectivity index (χ3v) is 17.4. The van der Waals surface area contributed by atoms with Gasteiger partial charge in [-0.1, -0.05) is 95.1 Å². The second-order valence-corrected chi connectivity index (χ2v) is 22.2. The molecule has 440 valence electrons. The van der Waals surface area contributed by atoms with Gasteiger partial charge >= 0.3 is 17.9 Å². The number of ether oxygens (including phenoxy) is 2. The molecule has 4 atom stereocenters. The van der Waals surface area contributed by atoms with E-state index in [1.165, 1.54) is 93.7 Å². The zero-order chi connectivity index (χ0) is 55.6. The molecule has 81 heavy (non-hydrogen) atoms. The van der Waals surface area contributed by atoms with E-state index in [0.29, 0.717) is 82.4 Å². The zero-order valence-electron chi connectivity index (χ0n) is 47.2.